The predicted octanol–water partition coefficient (Wildman–Crippen LogP) is 2.19. The van der Waals surface area contributed by atoms with E-state index in [9.17, 15) is 4.79 Å². The highest BCUT2D eigenvalue weighted by Gasteiger charge is 2.38. The maximum atomic E-state index is 13.1. The van der Waals surface area contributed by atoms with Crippen LogP contribution in [0.3, 0.4) is 0 Å². The molecule has 2 aliphatic rings. The Morgan fingerprint density at radius 3 is 2.43 bits per heavy atom. The van der Waals surface area contributed by atoms with Crippen molar-refractivity contribution in [3.8, 4) is 0 Å². The Balaban J connectivity index is 0.00000140. The number of nitrogens with one attached hydrogen (secondary N) is 1. The molecule has 156 valence electrons. The van der Waals surface area contributed by atoms with Gasteiger partial charge >= 0.3 is 0 Å². The van der Waals surface area contributed by atoms with Gasteiger partial charge in [0.25, 0.3) is 0 Å². The maximum Gasteiger partial charge on any atom is 0.227 e. The van der Waals surface area contributed by atoms with Crippen LogP contribution in [0.2, 0.25) is 0 Å². The molecule has 7 nitrogen and oxygen atoms in total. The van der Waals surface area contributed by atoms with Crippen LogP contribution in [0.4, 0.5) is 0 Å². The smallest absolute Gasteiger partial charge is 0.227 e. The number of carbonyl (C=O) groups excluding carboxylic acids is 1. The van der Waals surface area contributed by atoms with Gasteiger partial charge in [-0.2, -0.15) is 10.2 Å². The fraction of sp³-hybridized carbons (Fsp3) is 0.632. The number of piperidine rings is 1. The van der Waals surface area contributed by atoms with Crippen molar-refractivity contribution in [1.29, 1.82) is 0 Å². The molecule has 0 aromatic carbocycles. The van der Waals surface area contributed by atoms with Crippen LogP contribution >= 0.6 is 24.8 Å². The van der Waals surface area contributed by atoms with Crippen LogP contribution in [0.5, 0.6) is 0 Å². The Labute approximate surface area is 178 Å². The molecule has 0 aliphatic carbocycles. The monoisotopic (exact) mass is 428 g/mol. The Morgan fingerprint density at radius 1 is 1.11 bits per heavy atom. The third kappa shape index (κ3) is 4.53. The highest BCUT2D eigenvalue weighted by Crippen LogP contribution is 2.32. The van der Waals surface area contributed by atoms with Gasteiger partial charge in [-0.3, -0.25) is 14.2 Å². The van der Waals surface area contributed by atoms with Gasteiger partial charge in [-0.05, 0) is 36.8 Å². The average molecular weight is 429 g/mol. The van der Waals surface area contributed by atoms with Gasteiger partial charge in [0.05, 0.1) is 18.3 Å². The molecular weight excluding hydrogens is 399 g/mol. The van der Waals surface area contributed by atoms with Crippen molar-refractivity contribution < 1.29 is 4.79 Å². The molecule has 0 spiro atoms. The van der Waals surface area contributed by atoms with E-state index in [1.54, 1.807) is 0 Å². The van der Waals surface area contributed by atoms with E-state index >= 15 is 0 Å². The van der Waals surface area contributed by atoms with Gasteiger partial charge in [-0.1, -0.05) is 0 Å². The molecule has 9 heteroatoms. The van der Waals surface area contributed by atoms with Gasteiger partial charge in [0.1, 0.15) is 0 Å². The highest BCUT2D eigenvalue weighted by molar-refractivity contribution is 5.85. The lowest BCUT2D eigenvalue weighted by atomic mass is 9.87. The standard InChI is InChI=1S/C19H28N6O.2ClH/c1-3-25-13-15(8-22-25)14-4-6-24(7-5-14)19(26)18-11-20-10-17(18)16-9-21-23(2)12-16;;/h8-9,12-14,17-18,20H,3-7,10-11H2,1-2H3;2*1H/t17-,18+;;/m1../s1. The van der Waals surface area contributed by atoms with Crippen molar-refractivity contribution in [2.45, 2.75) is 38.1 Å². The first-order valence-corrected chi connectivity index (χ1v) is 9.66. The van der Waals surface area contributed by atoms with E-state index in [1.165, 1.54) is 5.56 Å². The second-order valence-corrected chi connectivity index (χ2v) is 7.55. The first kappa shape index (κ1) is 22.7. The van der Waals surface area contributed by atoms with Crippen LogP contribution < -0.4 is 5.32 Å². The Hall–Kier alpha value is -1.57. The molecule has 0 bridgehead atoms. The number of hydrogen-bond donors (Lipinski definition) is 1. The molecule has 0 saturated carbocycles. The molecule has 28 heavy (non-hydrogen) atoms. The van der Waals surface area contributed by atoms with Crippen molar-refractivity contribution >= 4 is 30.7 Å². The quantitative estimate of drug-likeness (QED) is 0.809. The third-order valence-corrected chi connectivity index (χ3v) is 5.94. The van der Waals surface area contributed by atoms with E-state index in [2.05, 4.69) is 33.5 Å². The van der Waals surface area contributed by atoms with Crippen LogP contribution in [0.15, 0.2) is 24.8 Å². The predicted molar refractivity (Wildman–Crippen MR) is 113 cm³/mol. The number of aromatic nitrogens is 4. The zero-order valence-corrected chi connectivity index (χ0v) is 18.1. The summed E-state index contributed by atoms with van der Waals surface area (Å²) in [6, 6.07) is 0. The number of halogens is 2. The lowest BCUT2D eigenvalue weighted by molar-refractivity contribution is -0.136. The molecule has 0 unspecified atom stereocenters. The zero-order valence-electron chi connectivity index (χ0n) is 16.5. The van der Waals surface area contributed by atoms with Gasteiger partial charge in [0, 0.05) is 58.1 Å². The molecule has 2 atom stereocenters. The Kier molecular flexibility index (Phi) is 7.92. The van der Waals surface area contributed by atoms with E-state index < -0.39 is 0 Å². The van der Waals surface area contributed by atoms with E-state index in [1.807, 2.05) is 35.0 Å². The minimum atomic E-state index is 0. The van der Waals surface area contributed by atoms with Crippen molar-refractivity contribution in [1.82, 2.24) is 29.8 Å². The van der Waals surface area contributed by atoms with Gasteiger partial charge in [-0.25, -0.2) is 0 Å². The van der Waals surface area contributed by atoms with Crippen LogP contribution in [-0.4, -0.2) is 56.5 Å². The molecule has 4 heterocycles. The van der Waals surface area contributed by atoms with Crippen molar-refractivity contribution in [2.24, 2.45) is 13.0 Å². The number of likely N-dealkylation sites (tertiary alicyclic amines) is 1. The molecule has 1 amide bonds. The molecule has 2 aromatic rings. The van der Waals surface area contributed by atoms with Gasteiger partial charge in [0.15, 0.2) is 0 Å². The summed E-state index contributed by atoms with van der Waals surface area (Å²) in [6.45, 7) is 6.32. The second-order valence-electron chi connectivity index (χ2n) is 7.55. The lowest BCUT2D eigenvalue weighted by Crippen LogP contribution is -2.43. The topological polar surface area (TPSA) is 68.0 Å². The molecular formula is C19H30Cl2N6O. The van der Waals surface area contributed by atoms with E-state index in [-0.39, 0.29) is 36.6 Å². The highest BCUT2D eigenvalue weighted by atomic mass is 35.5. The molecule has 2 fully saturated rings. The summed E-state index contributed by atoms with van der Waals surface area (Å²) < 4.78 is 3.80. The first-order chi connectivity index (χ1) is 12.7. The summed E-state index contributed by atoms with van der Waals surface area (Å²) in [5, 5.41) is 12.1. The minimum Gasteiger partial charge on any atom is -0.342 e. The summed E-state index contributed by atoms with van der Waals surface area (Å²) in [6.07, 6.45) is 10.1. The SMILES string of the molecule is CCn1cc(C2CCN(C(=O)[C@H]3CNC[C@@H]3c3cnn(C)c3)CC2)cn1.Cl.Cl. The molecule has 2 aromatic heterocycles. The van der Waals surface area contributed by atoms with Gasteiger partial charge < -0.3 is 10.2 Å². The van der Waals surface area contributed by atoms with Crippen molar-refractivity contribution in [2.75, 3.05) is 26.2 Å². The molecule has 4 rings (SSSR count). The zero-order chi connectivity index (χ0) is 18.1. The van der Waals surface area contributed by atoms with E-state index in [0.717, 1.165) is 51.1 Å². The summed E-state index contributed by atoms with van der Waals surface area (Å²) in [5.74, 6) is 1.08. The number of carbonyl (C=O) groups is 1. The molecule has 2 aliphatic heterocycles. The van der Waals surface area contributed by atoms with Crippen LogP contribution in [0.1, 0.15) is 42.7 Å². The molecule has 0 radical (unpaired) electrons. The third-order valence-electron chi connectivity index (χ3n) is 5.94. The largest absolute Gasteiger partial charge is 0.342 e. The number of aryl methyl sites for hydroxylation is 2. The summed E-state index contributed by atoms with van der Waals surface area (Å²) in [5.41, 5.74) is 2.48. The fourth-order valence-corrected chi connectivity index (χ4v) is 4.35. The Morgan fingerprint density at radius 2 is 1.82 bits per heavy atom. The number of rotatable bonds is 4. The van der Waals surface area contributed by atoms with Gasteiger partial charge in [-0.15, -0.1) is 24.8 Å². The molecule has 2 saturated heterocycles. The van der Waals surface area contributed by atoms with Gasteiger partial charge in [0.2, 0.25) is 5.91 Å². The average Bonchev–Trinajstić information content (AvgIpc) is 3.41. The summed E-state index contributed by atoms with van der Waals surface area (Å²) in [4.78, 5) is 15.2. The van der Waals surface area contributed by atoms with Crippen molar-refractivity contribution in [3.05, 3.63) is 35.9 Å². The van der Waals surface area contributed by atoms with E-state index in [0.29, 0.717) is 11.8 Å². The number of nitrogens with zero attached hydrogens (tertiary/aromatic N) is 5. The molecule has 1 N–H and O–H groups in total. The minimum absolute atomic E-state index is 0. The van der Waals surface area contributed by atoms with Crippen molar-refractivity contribution in [3.63, 3.8) is 0 Å². The number of amides is 1. The van der Waals surface area contributed by atoms with Crippen LogP contribution in [0.25, 0.3) is 0 Å². The summed E-state index contributed by atoms with van der Waals surface area (Å²) >= 11 is 0. The Bertz CT molecular complexity index is 768. The second kappa shape index (κ2) is 9.76. The number of hydrogen-bond acceptors (Lipinski definition) is 4. The van der Waals surface area contributed by atoms with Crippen LogP contribution in [-0.2, 0) is 18.4 Å². The fourth-order valence-electron chi connectivity index (χ4n) is 4.35. The first-order valence-electron chi connectivity index (χ1n) is 9.66. The normalized spacial score (nSPS) is 22.6. The van der Waals surface area contributed by atoms with Crippen LogP contribution in [0, 0.1) is 5.92 Å². The lowest BCUT2D eigenvalue weighted by Gasteiger charge is -2.34. The van der Waals surface area contributed by atoms with E-state index in [4.69, 9.17) is 0 Å². The maximum absolute atomic E-state index is 13.1. The summed E-state index contributed by atoms with van der Waals surface area (Å²) in [7, 11) is 1.92.